The highest BCUT2D eigenvalue weighted by Gasteiger charge is 2.15. The number of ether oxygens (including phenoxy) is 3. The van der Waals surface area contributed by atoms with Crippen LogP contribution >= 0.6 is 0 Å². The Morgan fingerprint density at radius 1 is 1.16 bits per heavy atom. The van der Waals surface area contributed by atoms with Crippen LogP contribution in [0, 0.1) is 11.3 Å². The van der Waals surface area contributed by atoms with Gasteiger partial charge in [-0.05, 0) is 61.4 Å². The first-order chi connectivity index (χ1) is 15.1. The SMILES string of the molecule is C=CCOc1c(CC=C)cc(/C=C(\C#N)C(=O)Nc2ccc(OC)cc2)cc1OCC. The Kier molecular flexibility index (Phi) is 8.93. The van der Waals surface area contributed by atoms with Crippen molar-refractivity contribution in [1.29, 1.82) is 5.26 Å². The zero-order chi connectivity index (χ0) is 22.6. The largest absolute Gasteiger partial charge is 0.497 e. The summed E-state index contributed by atoms with van der Waals surface area (Å²) < 4.78 is 16.6. The summed E-state index contributed by atoms with van der Waals surface area (Å²) in [4.78, 5) is 12.6. The average molecular weight is 418 g/mol. The van der Waals surface area contributed by atoms with E-state index in [4.69, 9.17) is 14.2 Å². The molecule has 0 atom stereocenters. The number of anilines is 1. The lowest BCUT2D eigenvalue weighted by atomic mass is 10.0. The summed E-state index contributed by atoms with van der Waals surface area (Å²) in [5.41, 5.74) is 2.00. The molecule has 160 valence electrons. The van der Waals surface area contributed by atoms with Gasteiger partial charge >= 0.3 is 0 Å². The molecule has 0 heterocycles. The number of hydrogen-bond acceptors (Lipinski definition) is 5. The molecule has 6 heteroatoms. The molecule has 31 heavy (non-hydrogen) atoms. The molecular weight excluding hydrogens is 392 g/mol. The Bertz CT molecular complexity index is 1000. The van der Waals surface area contributed by atoms with Gasteiger partial charge in [0.15, 0.2) is 11.5 Å². The van der Waals surface area contributed by atoms with Crippen LogP contribution in [0.25, 0.3) is 6.08 Å². The topological polar surface area (TPSA) is 80.6 Å². The van der Waals surface area contributed by atoms with Crippen molar-refractivity contribution in [2.24, 2.45) is 0 Å². The van der Waals surface area contributed by atoms with E-state index in [1.54, 1.807) is 49.6 Å². The summed E-state index contributed by atoms with van der Waals surface area (Å²) in [6.07, 6.45) is 5.46. The number of rotatable bonds is 11. The maximum absolute atomic E-state index is 12.6. The minimum absolute atomic E-state index is 0.0393. The highest BCUT2D eigenvalue weighted by Crippen LogP contribution is 2.34. The van der Waals surface area contributed by atoms with E-state index in [1.807, 2.05) is 19.1 Å². The standard InChI is InChI=1S/C25H26N2O4/c1-5-8-19-14-18(16-23(30-7-3)24(19)31-13-6-2)15-20(17-26)25(28)27-21-9-11-22(29-4)12-10-21/h5-6,9-12,14-16H,1-2,7-8,13H2,3-4H3,(H,27,28)/b20-15+. The zero-order valence-corrected chi connectivity index (χ0v) is 17.8. The molecule has 0 radical (unpaired) electrons. The Hall–Kier alpha value is -3.98. The minimum Gasteiger partial charge on any atom is -0.497 e. The number of methoxy groups -OCH3 is 1. The molecule has 0 aliphatic heterocycles. The molecule has 2 aromatic rings. The highest BCUT2D eigenvalue weighted by atomic mass is 16.5. The lowest BCUT2D eigenvalue weighted by Gasteiger charge is -2.16. The Labute approximate surface area is 183 Å². The smallest absolute Gasteiger partial charge is 0.266 e. The Morgan fingerprint density at radius 3 is 2.48 bits per heavy atom. The van der Waals surface area contributed by atoms with Gasteiger partial charge in [0.05, 0.1) is 13.7 Å². The molecule has 0 aliphatic carbocycles. The summed E-state index contributed by atoms with van der Waals surface area (Å²) in [5, 5.41) is 12.3. The number of carbonyl (C=O) groups excluding carboxylic acids is 1. The van der Waals surface area contributed by atoms with Gasteiger partial charge in [-0.15, -0.1) is 6.58 Å². The number of amides is 1. The van der Waals surface area contributed by atoms with Crippen molar-refractivity contribution < 1.29 is 19.0 Å². The second-order valence-corrected chi connectivity index (χ2v) is 6.39. The first kappa shape index (κ1) is 23.3. The van der Waals surface area contributed by atoms with Crippen molar-refractivity contribution in [2.75, 3.05) is 25.6 Å². The van der Waals surface area contributed by atoms with Crippen molar-refractivity contribution in [3.63, 3.8) is 0 Å². The van der Waals surface area contributed by atoms with Crippen LogP contribution in [-0.4, -0.2) is 26.2 Å². The molecule has 2 aromatic carbocycles. The molecule has 0 spiro atoms. The molecule has 0 aromatic heterocycles. The second kappa shape index (κ2) is 11.9. The van der Waals surface area contributed by atoms with Gasteiger partial charge in [-0.3, -0.25) is 4.79 Å². The molecule has 2 rings (SSSR count). The van der Waals surface area contributed by atoms with Crippen LogP contribution in [-0.2, 0) is 11.2 Å². The number of nitrogens with zero attached hydrogens (tertiary/aromatic N) is 1. The molecule has 0 unspecified atom stereocenters. The maximum atomic E-state index is 12.6. The van der Waals surface area contributed by atoms with E-state index in [1.165, 1.54) is 6.08 Å². The van der Waals surface area contributed by atoms with Gasteiger partial charge < -0.3 is 19.5 Å². The van der Waals surface area contributed by atoms with E-state index >= 15 is 0 Å². The first-order valence-corrected chi connectivity index (χ1v) is 9.77. The predicted molar refractivity (Wildman–Crippen MR) is 122 cm³/mol. The maximum Gasteiger partial charge on any atom is 0.266 e. The van der Waals surface area contributed by atoms with Crippen molar-refractivity contribution in [2.45, 2.75) is 13.3 Å². The molecule has 0 fully saturated rings. The summed E-state index contributed by atoms with van der Waals surface area (Å²) in [6.45, 7) is 10.1. The van der Waals surface area contributed by atoms with Crippen molar-refractivity contribution in [3.05, 3.63) is 78.4 Å². The molecule has 6 nitrogen and oxygen atoms in total. The van der Waals surface area contributed by atoms with Crippen LogP contribution in [0.4, 0.5) is 5.69 Å². The van der Waals surface area contributed by atoms with Crippen LogP contribution < -0.4 is 19.5 Å². The van der Waals surface area contributed by atoms with Gasteiger partial charge in [0.1, 0.15) is 24.0 Å². The van der Waals surface area contributed by atoms with Crippen LogP contribution in [0.15, 0.2) is 67.3 Å². The van der Waals surface area contributed by atoms with Crippen molar-refractivity contribution in [1.82, 2.24) is 0 Å². The van der Waals surface area contributed by atoms with E-state index in [2.05, 4.69) is 18.5 Å². The fourth-order valence-electron chi connectivity index (χ4n) is 2.83. The van der Waals surface area contributed by atoms with Crippen molar-refractivity contribution in [3.8, 4) is 23.3 Å². The van der Waals surface area contributed by atoms with Crippen LogP contribution in [0.3, 0.4) is 0 Å². The van der Waals surface area contributed by atoms with E-state index in [0.717, 1.165) is 5.56 Å². The molecule has 0 aliphatic rings. The normalized spacial score (nSPS) is 10.5. The minimum atomic E-state index is -0.511. The number of carbonyl (C=O) groups is 1. The highest BCUT2D eigenvalue weighted by molar-refractivity contribution is 6.09. The molecule has 0 saturated carbocycles. The van der Waals surface area contributed by atoms with Crippen LogP contribution in [0.1, 0.15) is 18.1 Å². The average Bonchev–Trinajstić information content (AvgIpc) is 2.77. The second-order valence-electron chi connectivity index (χ2n) is 6.39. The lowest BCUT2D eigenvalue weighted by Crippen LogP contribution is -2.13. The number of benzene rings is 2. The third kappa shape index (κ3) is 6.51. The number of allylic oxidation sites excluding steroid dienone is 1. The number of nitriles is 1. The van der Waals surface area contributed by atoms with Gasteiger partial charge in [0.2, 0.25) is 0 Å². The summed E-state index contributed by atoms with van der Waals surface area (Å²) in [7, 11) is 1.56. The van der Waals surface area contributed by atoms with Gasteiger partial charge in [0.25, 0.3) is 5.91 Å². The van der Waals surface area contributed by atoms with Crippen LogP contribution in [0.5, 0.6) is 17.2 Å². The first-order valence-electron chi connectivity index (χ1n) is 9.77. The predicted octanol–water partition coefficient (Wildman–Crippen LogP) is 4.93. The molecule has 0 saturated heterocycles. The third-order valence-corrected chi connectivity index (χ3v) is 4.19. The monoisotopic (exact) mass is 418 g/mol. The zero-order valence-electron chi connectivity index (χ0n) is 17.8. The van der Waals surface area contributed by atoms with E-state index < -0.39 is 5.91 Å². The summed E-state index contributed by atoms with van der Waals surface area (Å²) in [5.74, 6) is 1.29. The van der Waals surface area contributed by atoms with Gasteiger partial charge in [-0.1, -0.05) is 18.7 Å². The summed E-state index contributed by atoms with van der Waals surface area (Å²) in [6, 6.07) is 12.4. The third-order valence-electron chi connectivity index (χ3n) is 4.19. The molecule has 0 bridgehead atoms. The Morgan fingerprint density at radius 2 is 1.90 bits per heavy atom. The lowest BCUT2D eigenvalue weighted by molar-refractivity contribution is -0.112. The van der Waals surface area contributed by atoms with Crippen molar-refractivity contribution >= 4 is 17.7 Å². The van der Waals surface area contributed by atoms with E-state index in [0.29, 0.717) is 48.1 Å². The van der Waals surface area contributed by atoms with E-state index in [-0.39, 0.29) is 5.57 Å². The van der Waals surface area contributed by atoms with Gasteiger partial charge in [-0.2, -0.15) is 5.26 Å². The summed E-state index contributed by atoms with van der Waals surface area (Å²) >= 11 is 0. The van der Waals surface area contributed by atoms with Crippen LogP contribution in [0.2, 0.25) is 0 Å². The van der Waals surface area contributed by atoms with Gasteiger partial charge in [-0.25, -0.2) is 0 Å². The molecule has 1 N–H and O–H groups in total. The fourth-order valence-corrected chi connectivity index (χ4v) is 2.83. The number of hydrogen-bond donors (Lipinski definition) is 1. The van der Waals surface area contributed by atoms with Gasteiger partial charge in [0, 0.05) is 11.3 Å². The quantitative estimate of drug-likeness (QED) is 0.318. The van der Waals surface area contributed by atoms with E-state index in [9.17, 15) is 10.1 Å². The fraction of sp³-hybridized carbons (Fsp3) is 0.200. The Balaban J connectivity index is 2.38. The molecular formula is C25H26N2O4. The molecule has 1 amide bonds. The number of nitrogens with one attached hydrogen (secondary N) is 1.